The van der Waals surface area contributed by atoms with E-state index in [2.05, 4.69) is 17.5 Å². The molecule has 0 aromatic heterocycles. The van der Waals surface area contributed by atoms with Crippen molar-refractivity contribution in [3.63, 3.8) is 0 Å². The summed E-state index contributed by atoms with van der Waals surface area (Å²) < 4.78 is 5.96. The number of hydrogen-bond donors (Lipinski definition) is 0. The lowest BCUT2D eigenvalue weighted by Gasteiger charge is -2.31. The first kappa shape index (κ1) is 10.3. The molecule has 2 bridgehead atoms. The molecule has 2 unspecified atom stereocenters. The number of halogens is 1. The van der Waals surface area contributed by atoms with E-state index >= 15 is 0 Å². The van der Waals surface area contributed by atoms with Gasteiger partial charge in [0, 0.05) is 24.7 Å². The summed E-state index contributed by atoms with van der Waals surface area (Å²) in [4.78, 5) is 2.37. The molecule has 3 rings (SSSR count). The Labute approximate surface area is 100 Å². The SMILES string of the molecule is C=CCN1CC2OC(C1)c1cc(Cl)ccc12. The largest absolute Gasteiger partial charge is 0.363 e. The van der Waals surface area contributed by atoms with Gasteiger partial charge in [-0.2, -0.15) is 0 Å². The highest BCUT2D eigenvalue weighted by Gasteiger charge is 2.38. The summed E-state index contributed by atoms with van der Waals surface area (Å²) in [5.41, 5.74) is 2.57. The highest BCUT2D eigenvalue weighted by atomic mass is 35.5. The third-order valence-corrected chi connectivity index (χ3v) is 3.54. The second-order valence-electron chi connectivity index (χ2n) is 4.39. The Morgan fingerprint density at radius 2 is 2.12 bits per heavy atom. The third-order valence-electron chi connectivity index (χ3n) is 3.31. The summed E-state index contributed by atoms with van der Waals surface area (Å²) in [5.74, 6) is 0. The minimum Gasteiger partial charge on any atom is -0.363 e. The molecule has 1 saturated heterocycles. The van der Waals surface area contributed by atoms with Gasteiger partial charge < -0.3 is 4.74 Å². The van der Waals surface area contributed by atoms with Crippen LogP contribution in [0.2, 0.25) is 5.02 Å². The van der Waals surface area contributed by atoms with Crippen molar-refractivity contribution in [2.24, 2.45) is 0 Å². The van der Waals surface area contributed by atoms with Crippen molar-refractivity contribution < 1.29 is 4.74 Å². The number of ether oxygens (including phenoxy) is 1. The maximum Gasteiger partial charge on any atom is 0.0965 e. The summed E-state index contributed by atoms with van der Waals surface area (Å²) in [6.45, 7) is 6.61. The molecule has 0 saturated carbocycles. The highest BCUT2D eigenvalue weighted by molar-refractivity contribution is 6.30. The van der Waals surface area contributed by atoms with Crippen molar-refractivity contribution in [1.29, 1.82) is 0 Å². The molecule has 2 aliphatic heterocycles. The average molecular weight is 236 g/mol. The summed E-state index contributed by atoms with van der Waals surface area (Å²) in [5, 5.41) is 0.796. The van der Waals surface area contributed by atoms with Crippen molar-refractivity contribution in [3.8, 4) is 0 Å². The van der Waals surface area contributed by atoms with Gasteiger partial charge in [0.05, 0.1) is 12.2 Å². The molecule has 3 heteroatoms. The molecule has 1 aromatic rings. The van der Waals surface area contributed by atoms with E-state index in [0.29, 0.717) is 0 Å². The monoisotopic (exact) mass is 235 g/mol. The minimum absolute atomic E-state index is 0.187. The first-order valence-corrected chi connectivity index (χ1v) is 5.94. The number of rotatable bonds is 2. The third kappa shape index (κ3) is 1.58. The fourth-order valence-electron chi connectivity index (χ4n) is 2.62. The van der Waals surface area contributed by atoms with E-state index in [0.717, 1.165) is 24.7 Å². The predicted molar refractivity (Wildman–Crippen MR) is 64.7 cm³/mol. The molecule has 0 radical (unpaired) electrons. The zero-order valence-corrected chi connectivity index (χ0v) is 9.78. The van der Waals surface area contributed by atoms with Gasteiger partial charge in [-0.05, 0) is 23.3 Å². The molecule has 16 heavy (non-hydrogen) atoms. The Morgan fingerprint density at radius 3 is 2.88 bits per heavy atom. The van der Waals surface area contributed by atoms with Gasteiger partial charge >= 0.3 is 0 Å². The predicted octanol–water partition coefficient (Wildman–Crippen LogP) is 2.95. The first-order chi connectivity index (χ1) is 7.78. The molecule has 84 valence electrons. The zero-order chi connectivity index (χ0) is 11.1. The van der Waals surface area contributed by atoms with Crippen LogP contribution in [0.15, 0.2) is 30.9 Å². The Morgan fingerprint density at radius 1 is 1.38 bits per heavy atom. The second kappa shape index (κ2) is 3.88. The van der Waals surface area contributed by atoms with Crippen LogP contribution < -0.4 is 0 Å². The summed E-state index contributed by atoms with van der Waals surface area (Å²) in [6.07, 6.45) is 2.35. The van der Waals surface area contributed by atoms with E-state index < -0.39 is 0 Å². The van der Waals surface area contributed by atoms with E-state index in [9.17, 15) is 0 Å². The number of fused-ring (bicyclic) bond motifs is 5. The molecule has 1 aromatic carbocycles. The number of hydrogen-bond acceptors (Lipinski definition) is 2. The molecule has 2 atom stereocenters. The summed E-state index contributed by atoms with van der Waals surface area (Å²) in [7, 11) is 0. The van der Waals surface area contributed by atoms with Crippen molar-refractivity contribution in [2.75, 3.05) is 19.6 Å². The normalized spacial score (nSPS) is 27.8. The molecule has 2 heterocycles. The van der Waals surface area contributed by atoms with Crippen LogP contribution in [0, 0.1) is 0 Å². The van der Waals surface area contributed by atoms with E-state index in [4.69, 9.17) is 16.3 Å². The zero-order valence-electron chi connectivity index (χ0n) is 9.03. The lowest BCUT2D eigenvalue weighted by Crippen LogP contribution is -2.36. The number of benzene rings is 1. The Kier molecular flexibility index (Phi) is 2.51. The van der Waals surface area contributed by atoms with Gasteiger partial charge in [-0.15, -0.1) is 6.58 Å². The minimum atomic E-state index is 0.187. The van der Waals surface area contributed by atoms with Crippen LogP contribution >= 0.6 is 11.6 Å². The van der Waals surface area contributed by atoms with Gasteiger partial charge in [-0.3, -0.25) is 4.90 Å². The lowest BCUT2D eigenvalue weighted by molar-refractivity contribution is -0.0643. The molecule has 0 N–H and O–H groups in total. The topological polar surface area (TPSA) is 12.5 Å². The Bertz CT molecular complexity index is 432. The van der Waals surface area contributed by atoms with Crippen LogP contribution in [0.4, 0.5) is 0 Å². The van der Waals surface area contributed by atoms with Crippen molar-refractivity contribution in [3.05, 3.63) is 47.0 Å². The first-order valence-electron chi connectivity index (χ1n) is 5.56. The molecular weight excluding hydrogens is 222 g/mol. The van der Waals surface area contributed by atoms with Crippen molar-refractivity contribution in [1.82, 2.24) is 4.90 Å². The number of nitrogens with zero attached hydrogens (tertiary/aromatic N) is 1. The molecule has 2 aliphatic rings. The van der Waals surface area contributed by atoms with Gasteiger partial charge in [0.2, 0.25) is 0 Å². The summed E-state index contributed by atoms with van der Waals surface area (Å²) >= 11 is 6.03. The number of morpholine rings is 1. The van der Waals surface area contributed by atoms with Crippen molar-refractivity contribution in [2.45, 2.75) is 12.2 Å². The second-order valence-corrected chi connectivity index (χ2v) is 4.83. The Balaban J connectivity index is 1.93. The quantitative estimate of drug-likeness (QED) is 0.731. The van der Waals surface area contributed by atoms with E-state index in [-0.39, 0.29) is 12.2 Å². The van der Waals surface area contributed by atoms with Gasteiger partial charge in [-0.1, -0.05) is 23.7 Å². The van der Waals surface area contributed by atoms with Gasteiger partial charge in [0.1, 0.15) is 0 Å². The molecule has 2 nitrogen and oxygen atoms in total. The average Bonchev–Trinajstić information content (AvgIpc) is 2.52. The van der Waals surface area contributed by atoms with Crippen LogP contribution in [0.25, 0.3) is 0 Å². The standard InChI is InChI=1S/C13H14ClNO/c1-2-5-15-7-12-10-4-3-9(14)6-11(10)13(8-15)16-12/h2-4,6,12-13H,1,5,7-8H2. The van der Waals surface area contributed by atoms with E-state index in [1.807, 2.05) is 18.2 Å². The molecule has 1 fully saturated rings. The van der Waals surface area contributed by atoms with Crippen LogP contribution in [0.1, 0.15) is 23.3 Å². The lowest BCUT2D eigenvalue weighted by atomic mass is 10.0. The smallest absolute Gasteiger partial charge is 0.0965 e. The maximum absolute atomic E-state index is 6.03. The van der Waals surface area contributed by atoms with Crippen LogP contribution in [-0.2, 0) is 4.74 Å². The molecular formula is C13H14ClNO. The van der Waals surface area contributed by atoms with Gasteiger partial charge in [-0.25, -0.2) is 0 Å². The molecule has 0 amide bonds. The maximum atomic E-state index is 6.03. The van der Waals surface area contributed by atoms with Gasteiger partial charge in [0.15, 0.2) is 0 Å². The fourth-order valence-corrected chi connectivity index (χ4v) is 2.80. The fraction of sp³-hybridized carbons (Fsp3) is 0.385. The highest BCUT2D eigenvalue weighted by Crippen LogP contribution is 2.44. The molecule has 0 spiro atoms. The molecule has 0 aliphatic carbocycles. The van der Waals surface area contributed by atoms with Crippen LogP contribution in [0.5, 0.6) is 0 Å². The van der Waals surface area contributed by atoms with Crippen LogP contribution in [0.3, 0.4) is 0 Å². The van der Waals surface area contributed by atoms with Crippen molar-refractivity contribution >= 4 is 11.6 Å². The summed E-state index contributed by atoms with van der Waals surface area (Å²) in [6, 6.07) is 6.08. The van der Waals surface area contributed by atoms with E-state index in [1.165, 1.54) is 11.1 Å². The van der Waals surface area contributed by atoms with Gasteiger partial charge in [0.25, 0.3) is 0 Å². The Hall–Kier alpha value is -0.830. The van der Waals surface area contributed by atoms with E-state index in [1.54, 1.807) is 0 Å². The van der Waals surface area contributed by atoms with Crippen LogP contribution in [-0.4, -0.2) is 24.5 Å².